The largest absolute Gasteiger partial charge is 0.354 e. The minimum Gasteiger partial charge on any atom is -0.354 e. The van der Waals surface area contributed by atoms with Gasteiger partial charge in [-0.2, -0.15) is 0 Å². The maximum Gasteiger partial charge on any atom is 0.223 e. The molecule has 2 fully saturated rings. The fraction of sp³-hybridized carbons (Fsp3) is 0.909. The summed E-state index contributed by atoms with van der Waals surface area (Å²) in [5.74, 6) is 2.18. The number of carbonyl (C=O) groups is 1. The van der Waals surface area contributed by atoms with Crippen LogP contribution in [0.15, 0.2) is 0 Å². The zero-order valence-corrected chi connectivity index (χ0v) is 8.55. The fourth-order valence-corrected chi connectivity index (χ4v) is 2.76. The van der Waals surface area contributed by atoms with Crippen molar-refractivity contribution in [2.45, 2.75) is 45.6 Å². The van der Waals surface area contributed by atoms with E-state index in [1.165, 1.54) is 25.7 Å². The first-order valence-corrected chi connectivity index (χ1v) is 5.50. The Morgan fingerprint density at radius 1 is 1.23 bits per heavy atom. The number of nitrogens with one attached hydrogen (secondary N) is 1. The van der Waals surface area contributed by atoms with Crippen molar-refractivity contribution in [3.8, 4) is 0 Å². The van der Waals surface area contributed by atoms with Gasteiger partial charge in [0.1, 0.15) is 0 Å². The molecule has 0 spiro atoms. The smallest absolute Gasteiger partial charge is 0.223 e. The molecule has 2 rings (SSSR count). The summed E-state index contributed by atoms with van der Waals surface area (Å²) >= 11 is 0. The lowest BCUT2D eigenvalue weighted by atomic mass is 10.0. The number of amides is 1. The van der Waals surface area contributed by atoms with Crippen molar-refractivity contribution >= 4 is 5.91 Å². The molecule has 0 aromatic heterocycles. The Balaban J connectivity index is 1.86. The standard InChI is InChI=1S/C11H19NO/c1-7(2)12-11(13)10-8-5-3-4-6-9(8)10/h7-10H,3-6H2,1-2H3,(H,12,13). The molecule has 0 saturated heterocycles. The van der Waals surface area contributed by atoms with E-state index in [9.17, 15) is 4.79 Å². The van der Waals surface area contributed by atoms with E-state index in [4.69, 9.17) is 0 Å². The summed E-state index contributed by atoms with van der Waals surface area (Å²) in [6.07, 6.45) is 5.26. The van der Waals surface area contributed by atoms with E-state index in [-0.39, 0.29) is 0 Å². The quantitative estimate of drug-likeness (QED) is 0.693. The molecule has 0 aromatic rings. The molecule has 0 radical (unpaired) electrons. The molecule has 0 aliphatic heterocycles. The van der Waals surface area contributed by atoms with Crippen LogP contribution in [0.2, 0.25) is 0 Å². The van der Waals surface area contributed by atoms with E-state index in [0.717, 1.165) is 11.8 Å². The Hall–Kier alpha value is -0.530. The van der Waals surface area contributed by atoms with E-state index in [2.05, 4.69) is 5.32 Å². The molecule has 1 N–H and O–H groups in total. The summed E-state index contributed by atoms with van der Waals surface area (Å²) in [7, 11) is 0. The van der Waals surface area contributed by atoms with Crippen molar-refractivity contribution in [1.82, 2.24) is 5.32 Å². The Morgan fingerprint density at radius 3 is 2.23 bits per heavy atom. The average molecular weight is 181 g/mol. The van der Waals surface area contributed by atoms with E-state index in [1.54, 1.807) is 0 Å². The third kappa shape index (κ3) is 1.72. The molecule has 2 nitrogen and oxygen atoms in total. The van der Waals surface area contributed by atoms with Crippen LogP contribution in [0.3, 0.4) is 0 Å². The highest BCUT2D eigenvalue weighted by Gasteiger charge is 2.54. The zero-order chi connectivity index (χ0) is 9.42. The molecule has 0 bridgehead atoms. The third-order valence-electron chi connectivity index (χ3n) is 3.39. The van der Waals surface area contributed by atoms with Gasteiger partial charge in [0.2, 0.25) is 5.91 Å². The van der Waals surface area contributed by atoms with Gasteiger partial charge in [0, 0.05) is 12.0 Å². The van der Waals surface area contributed by atoms with Crippen LogP contribution < -0.4 is 5.32 Å². The van der Waals surface area contributed by atoms with Gasteiger partial charge in [0.05, 0.1) is 0 Å². The number of carbonyl (C=O) groups excluding carboxylic acids is 1. The molecule has 2 heteroatoms. The van der Waals surface area contributed by atoms with Gasteiger partial charge in [-0.15, -0.1) is 0 Å². The Kier molecular flexibility index (Phi) is 2.31. The van der Waals surface area contributed by atoms with Crippen molar-refractivity contribution in [3.05, 3.63) is 0 Å². The molecular formula is C11H19NO. The second kappa shape index (κ2) is 3.32. The average Bonchev–Trinajstić information content (AvgIpc) is 2.76. The molecular weight excluding hydrogens is 162 g/mol. The highest BCUT2D eigenvalue weighted by atomic mass is 16.2. The molecule has 2 saturated carbocycles. The SMILES string of the molecule is CC(C)NC(=O)C1C2CCCCC21. The van der Waals surface area contributed by atoms with Crippen LogP contribution in [-0.2, 0) is 4.79 Å². The first-order valence-electron chi connectivity index (χ1n) is 5.50. The van der Waals surface area contributed by atoms with Crippen LogP contribution >= 0.6 is 0 Å². The van der Waals surface area contributed by atoms with Crippen molar-refractivity contribution in [2.24, 2.45) is 17.8 Å². The number of hydrogen-bond donors (Lipinski definition) is 1. The van der Waals surface area contributed by atoms with E-state index >= 15 is 0 Å². The first-order chi connectivity index (χ1) is 6.20. The molecule has 2 aliphatic carbocycles. The van der Waals surface area contributed by atoms with Gasteiger partial charge in [0.25, 0.3) is 0 Å². The van der Waals surface area contributed by atoms with Gasteiger partial charge in [0.15, 0.2) is 0 Å². The lowest BCUT2D eigenvalue weighted by Gasteiger charge is -2.07. The van der Waals surface area contributed by atoms with Crippen molar-refractivity contribution < 1.29 is 4.79 Å². The third-order valence-corrected chi connectivity index (χ3v) is 3.39. The maximum absolute atomic E-state index is 11.7. The Labute approximate surface area is 80.1 Å². The van der Waals surface area contributed by atoms with E-state index < -0.39 is 0 Å². The van der Waals surface area contributed by atoms with E-state index in [1.807, 2.05) is 13.8 Å². The summed E-state index contributed by atoms with van der Waals surface area (Å²) in [4.78, 5) is 11.7. The minimum atomic E-state index is 0.301. The fourth-order valence-electron chi connectivity index (χ4n) is 2.76. The van der Waals surface area contributed by atoms with Gasteiger partial charge in [-0.3, -0.25) is 4.79 Å². The summed E-state index contributed by atoms with van der Waals surface area (Å²) in [5, 5.41) is 3.02. The lowest BCUT2D eigenvalue weighted by Crippen LogP contribution is -2.32. The molecule has 13 heavy (non-hydrogen) atoms. The van der Waals surface area contributed by atoms with E-state index in [0.29, 0.717) is 17.9 Å². The Bertz CT molecular complexity index is 200. The van der Waals surface area contributed by atoms with Gasteiger partial charge in [-0.05, 0) is 38.5 Å². The van der Waals surface area contributed by atoms with Gasteiger partial charge in [-0.1, -0.05) is 12.8 Å². The first kappa shape index (κ1) is 9.04. The van der Waals surface area contributed by atoms with Crippen molar-refractivity contribution in [1.29, 1.82) is 0 Å². The highest BCUT2D eigenvalue weighted by molar-refractivity contribution is 5.82. The van der Waals surface area contributed by atoms with Gasteiger partial charge < -0.3 is 5.32 Å². The van der Waals surface area contributed by atoms with Crippen LogP contribution in [0.5, 0.6) is 0 Å². The predicted molar refractivity (Wildman–Crippen MR) is 52.2 cm³/mol. The molecule has 1 amide bonds. The molecule has 0 aromatic carbocycles. The summed E-state index contributed by atoms with van der Waals surface area (Å²) in [6, 6.07) is 0.301. The monoisotopic (exact) mass is 181 g/mol. The molecule has 2 unspecified atom stereocenters. The Morgan fingerprint density at radius 2 is 1.77 bits per heavy atom. The van der Waals surface area contributed by atoms with Gasteiger partial charge in [-0.25, -0.2) is 0 Å². The second-order valence-electron chi connectivity index (χ2n) is 4.80. The van der Waals surface area contributed by atoms with Crippen LogP contribution in [0.4, 0.5) is 0 Å². The summed E-state index contributed by atoms with van der Waals surface area (Å²) in [5.41, 5.74) is 0. The van der Waals surface area contributed by atoms with Gasteiger partial charge >= 0.3 is 0 Å². The second-order valence-corrected chi connectivity index (χ2v) is 4.80. The van der Waals surface area contributed by atoms with Crippen LogP contribution in [0, 0.1) is 17.8 Å². The lowest BCUT2D eigenvalue weighted by molar-refractivity contribution is -0.123. The normalized spacial score (nSPS) is 37.0. The van der Waals surface area contributed by atoms with Crippen LogP contribution in [0.1, 0.15) is 39.5 Å². The zero-order valence-electron chi connectivity index (χ0n) is 8.55. The predicted octanol–water partition coefficient (Wildman–Crippen LogP) is 1.95. The van der Waals surface area contributed by atoms with Crippen LogP contribution in [-0.4, -0.2) is 11.9 Å². The summed E-state index contributed by atoms with van der Waals surface area (Å²) in [6.45, 7) is 4.06. The number of hydrogen-bond acceptors (Lipinski definition) is 1. The molecule has 74 valence electrons. The topological polar surface area (TPSA) is 29.1 Å². The number of fused-ring (bicyclic) bond motifs is 1. The maximum atomic E-state index is 11.7. The van der Waals surface area contributed by atoms with Crippen molar-refractivity contribution in [3.63, 3.8) is 0 Å². The van der Waals surface area contributed by atoms with Crippen LogP contribution in [0.25, 0.3) is 0 Å². The molecule has 2 atom stereocenters. The molecule has 2 aliphatic rings. The minimum absolute atomic E-state index is 0.301. The molecule has 0 heterocycles. The number of rotatable bonds is 2. The van der Waals surface area contributed by atoms with Crippen molar-refractivity contribution in [2.75, 3.05) is 0 Å². The highest BCUT2D eigenvalue weighted by Crippen LogP contribution is 2.55. The summed E-state index contributed by atoms with van der Waals surface area (Å²) < 4.78 is 0.